The van der Waals surface area contributed by atoms with Crippen LogP contribution >= 0.6 is 0 Å². The molecular formula is C13H21N3O2S. The minimum absolute atomic E-state index is 0.321. The van der Waals surface area contributed by atoms with Crippen LogP contribution in [0.4, 0.5) is 5.69 Å². The molecule has 1 aromatic carbocycles. The second kappa shape index (κ2) is 5.90. The van der Waals surface area contributed by atoms with E-state index >= 15 is 0 Å². The number of hydrogen-bond donors (Lipinski definition) is 2. The van der Waals surface area contributed by atoms with Crippen LogP contribution in [0.1, 0.15) is 13.8 Å². The molecule has 0 spiro atoms. The molecule has 1 fully saturated rings. The minimum atomic E-state index is -3.35. The molecule has 0 aromatic heterocycles. The van der Waals surface area contributed by atoms with Gasteiger partial charge in [-0.05, 0) is 31.2 Å². The Morgan fingerprint density at radius 2 is 2.05 bits per heavy atom. The molecule has 5 nitrogen and oxygen atoms in total. The lowest BCUT2D eigenvalue weighted by atomic mass is 10.2. The van der Waals surface area contributed by atoms with Crippen molar-refractivity contribution in [1.82, 2.24) is 10.0 Å². The second-order valence-corrected chi connectivity index (χ2v) is 6.56. The molecular weight excluding hydrogens is 262 g/mol. The van der Waals surface area contributed by atoms with Crippen molar-refractivity contribution in [2.45, 2.75) is 24.8 Å². The van der Waals surface area contributed by atoms with E-state index in [1.807, 2.05) is 12.1 Å². The zero-order chi connectivity index (χ0) is 13.9. The van der Waals surface area contributed by atoms with E-state index in [1.165, 1.54) is 0 Å². The first-order chi connectivity index (χ1) is 9.03. The number of sulfonamides is 1. The van der Waals surface area contributed by atoms with Gasteiger partial charge in [-0.15, -0.1) is 0 Å². The molecule has 2 N–H and O–H groups in total. The van der Waals surface area contributed by atoms with Gasteiger partial charge in [-0.2, -0.15) is 0 Å². The van der Waals surface area contributed by atoms with Crippen LogP contribution in [0.15, 0.2) is 29.2 Å². The van der Waals surface area contributed by atoms with Crippen molar-refractivity contribution in [2.24, 2.45) is 0 Å². The number of rotatable bonds is 4. The summed E-state index contributed by atoms with van der Waals surface area (Å²) in [6, 6.07) is 7.55. The van der Waals surface area contributed by atoms with Gasteiger partial charge in [0.25, 0.3) is 0 Å². The van der Waals surface area contributed by atoms with Crippen LogP contribution in [0.2, 0.25) is 0 Å². The highest BCUT2D eigenvalue weighted by Gasteiger charge is 2.17. The molecule has 0 amide bonds. The largest absolute Gasteiger partial charge is 0.369 e. The third kappa shape index (κ3) is 3.46. The van der Waals surface area contributed by atoms with E-state index in [0.717, 1.165) is 25.3 Å². The third-order valence-electron chi connectivity index (χ3n) is 3.22. The molecule has 1 atom stereocenters. The van der Waals surface area contributed by atoms with Crippen LogP contribution in [0.3, 0.4) is 0 Å². The fourth-order valence-electron chi connectivity index (χ4n) is 2.28. The van der Waals surface area contributed by atoms with Gasteiger partial charge in [0.05, 0.1) is 4.90 Å². The summed E-state index contributed by atoms with van der Waals surface area (Å²) in [5, 5.41) is 3.39. The van der Waals surface area contributed by atoms with Crippen LogP contribution in [0, 0.1) is 0 Å². The van der Waals surface area contributed by atoms with E-state index in [1.54, 1.807) is 19.1 Å². The molecule has 1 saturated heterocycles. The molecule has 0 radical (unpaired) electrons. The van der Waals surface area contributed by atoms with E-state index in [0.29, 0.717) is 17.5 Å². The van der Waals surface area contributed by atoms with Crippen molar-refractivity contribution in [3.63, 3.8) is 0 Å². The van der Waals surface area contributed by atoms with Crippen molar-refractivity contribution in [1.29, 1.82) is 0 Å². The normalized spacial score (nSPS) is 20.5. The van der Waals surface area contributed by atoms with Crippen molar-refractivity contribution < 1.29 is 8.42 Å². The van der Waals surface area contributed by atoms with Gasteiger partial charge in [0, 0.05) is 37.9 Å². The molecule has 0 unspecified atom stereocenters. The Bertz CT molecular complexity index is 513. The van der Waals surface area contributed by atoms with E-state index in [9.17, 15) is 8.42 Å². The van der Waals surface area contributed by atoms with Gasteiger partial charge in [0.2, 0.25) is 10.0 Å². The Labute approximate surface area is 115 Å². The minimum Gasteiger partial charge on any atom is -0.369 e. The number of anilines is 1. The van der Waals surface area contributed by atoms with Gasteiger partial charge in [0.1, 0.15) is 0 Å². The average Bonchev–Trinajstić information content (AvgIpc) is 2.39. The van der Waals surface area contributed by atoms with Gasteiger partial charge in [-0.1, -0.05) is 6.92 Å². The first-order valence-corrected chi connectivity index (χ1v) is 8.09. The molecule has 1 heterocycles. The Kier molecular flexibility index (Phi) is 4.44. The molecule has 1 aromatic rings. The molecule has 1 aliphatic rings. The second-order valence-electron chi connectivity index (χ2n) is 4.80. The maximum absolute atomic E-state index is 11.8. The fourth-order valence-corrected chi connectivity index (χ4v) is 3.32. The third-order valence-corrected chi connectivity index (χ3v) is 4.78. The summed E-state index contributed by atoms with van der Waals surface area (Å²) in [5.74, 6) is 0. The van der Waals surface area contributed by atoms with Crippen molar-refractivity contribution >= 4 is 15.7 Å². The molecule has 0 aliphatic carbocycles. The maximum atomic E-state index is 11.8. The summed E-state index contributed by atoms with van der Waals surface area (Å²) >= 11 is 0. The van der Waals surface area contributed by atoms with Crippen LogP contribution < -0.4 is 14.9 Å². The lowest BCUT2D eigenvalue weighted by molar-refractivity contribution is 0.485. The SMILES string of the molecule is CCNS(=O)(=O)c1ccc(N2CCN[C@@H](C)C2)cc1. The highest BCUT2D eigenvalue weighted by atomic mass is 32.2. The first kappa shape index (κ1) is 14.3. The number of hydrogen-bond acceptors (Lipinski definition) is 4. The van der Waals surface area contributed by atoms with Gasteiger partial charge in [0.15, 0.2) is 0 Å². The quantitative estimate of drug-likeness (QED) is 0.857. The number of benzene rings is 1. The highest BCUT2D eigenvalue weighted by Crippen LogP contribution is 2.19. The summed E-state index contributed by atoms with van der Waals surface area (Å²) in [6.07, 6.45) is 0. The summed E-state index contributed by atoms with van der Waals surface area (Å²) < 4.78 is 26.2. The predicted molar refractivity (Wildman–Crippen MR) is 77.0 cm³/mol. The van der Waals surface area contributed by atoms with Crippen LogP contribution in [-0.4, -0.2) is 40.6 Å². The van der Waals surface area contributed by atoms with Crippen molar-refractivity contribution in [2.75, 3.05) is 31.1 Å². The van der Waals surface area contributed by atoms with E-state index in [2.05, 4.69) is 21.9 Å². The van der Waals surface area contributed by atoms with Crippen LogP contribution in [0.5, 0.6) is 0 Å². The number of nitrogens with one attached hydrogen (secondary N) is 2. The summed E-state index contributed by atoms with van der Waals surface area (Å²) in [4.78, 5) is 2.59. The molecule has 0 bridgehead atoms. The Balaban J connectivity index is 2.14. The van der Waals surface area contributed by atoms with Gasteiger partial charge in [-0.25, -0.2) is 13.1 Å². The Morgan fingerprint density at radius 1 is 1.37 bits per heavy atom. The summed E-state index contributed by atoms with van der Waals surface area (Å²) in [5.41, 5.74) is 1.07. The number of piperazine rings is 1. The van der Waals surface area contributed by atoms with Gasteiger partial charge < -0.3 is 10.2 Å². The predicted octanol–water partition coefficient (Wildman–Crippen LogP) is 0.783. The standard InChI is InChI=1S/C13H21N3O2S/c1-3-15-19(17,18)13-6-4-12(5-7-13)16-9-8-14-11(2)10-16/h4-7,11,14-15H,3,8-10H2,1-2H3/t11-/m0/s1. The van der Waals surface area contributed by atoms with Gasteiger partial charge >= 0.3 is 0 Å². The van der Waals surface area contributed by atoms with Crippen molar-refractivity contribution in [3.8, 4) is 0 Å². The summed E-state index contributed by atoms with van der Waals surface area (Å²) in [7, 11) is -3.35. The first-order valence-electron chi connectivity index (χ1n) is 6.61. The van der Waals surface area contributed by atoms with E-state index in [4.69, 9.17) is 0 Å². The topological polar surface area (TPSA) is 61.4 Å². The average molecular weight is 283 g/mol. The lowest BCUT2D eigenvalue weighted by Gasteiger charge is -2.33. The number of nitrogens with zero attached hydrogens (tertiary/aromatic N) is 1. The smallest absolute Gasteiger partial charge is 0.240 e. The zero-order valence-corrected chi connectivity index (χ0v) is 12.2. The van der Waals surface area contributed by atoms with Crippen molar-refractivity contribution in [3.05, 3.63) is 24.3 Å². The van der Waals surface area contributed by atoms with Gasteiger partial charge in [-0.3, -0.25) is 0 Å². The van der Waals surface area contributed by atoms with E-state index < -0.39 is 10.0 Å². The summed E-state index contributed by atoms with van der Waals surface area (Å²) in [6.45, 7) is 7.17. The monoisotopic (exact) mass is 283 g/mol. The maximum Gasteiger partial charge on any atom is 0.240 e. The Morgan fingerprint density at radius 3 is 2.63 bits per heavy atom. The van der Waals surface area contributed by atoms with E-state index in [-0.39, 0.29) is 0 Å². The van der Waals surface area contributed by atoms with Crippen LogP contribution in [0.25, 0.3) is 0 Å². The van der Waals surface area contributed by atoms with Crippen LogP contribution in [-0.2, 0) is 10.0 Å². The molecule has 1 aliphatic heterocycles. The Hall–Kier alpha value is -1.11. The lowest BCUT2D eigenvalue weighted by Crippen LogP contribution is -2.49. The zero-order valence-electron chi connectivity index (χ0n) is 11.4. The molecule has 106 valence electrons. The fraction of sp³-hybridized carbons (Fsp3) is 0.538. The molecule has 0 saturated carbocycles. The molecule has 19 heavy (non-hydrogen) atoms. The molecule has 6 heteroatoms. The highest BCUT2D eigenvalue weighted by molar-refractivity contribution is 7.89. The molecule has 2 rings (SSSR count).